The van der Waals surface area contributed by atoms with Crippen molar-refractivity contribution in [3.05, 3.63) is 69.4 Å². The van der Waals surface area contributed by atoms with Crippen molar-refractivity contribution >= 4 is 23.8 Å². The van der Waals surface area contributed by atoms with Gasteiger partial charge in [0.15, 0.2) is 0 Å². The van der Waals surface area contributed by atoms with Gasteiger partial charge in [0.25, 0.3) is 0 Å². The number of nitrogens with zero attached hydrogens (tertiary/aromatic N) is 1. The van der Waals surface area contributed by atoms with Gasteiger partial charge < -0.3 is 4.74 Å². The van der Waals surface area contributed by atoms with Crippen LogP contribution < -0.4 is 0 Å². The molecule has 0 saturated carbocycles. The summed E-state index contributed by atoms with van der Waals surface area (Å²) in [5.41, 5.74) is 1.84. The number of hydrogen-bond acceptors (Lipinski definition) is 4. The van der Waals surface area contributed by atoms with Crippen LogP contribution in [0.5, 0.6) is 0 Å². The fourth-order valence-electron chi connectivity index (χ4n) is 2.00. The zero-order valence-electron chi connectivity index (χ0n) is 12.2. The Morgan fingerprint density at radius 3 is 2.41 bits per heavy atom. The summed E-state index contributed by atoms with van der Waals surface area (Å²) in [6.07, 6.45) is 3.24. The molecule has 2 aromatic carbocycles. The van der Waals surface area contributed by atoms with E-state index in [0.717, 1.165) is 5.56 Å². The van der Waals surface area contributed by atoms with Gasteiger partial charge in [0.05, 0.1) is 12.7 Å². The first-order chi connectivity index (χ1) is 10.6. The summed E-state index contributed by atoms with van der Waals surface area (Å²) in [5, 5.41) is 2.81. The molecule has 2 rings (SSSR count). The van der Waals surface area contributed by atoms with Gasteiger partial charge in [-0.15, -0.1) is 4.91 Å². The lowest BCUT2D eigenvalue weighted by molar-refractivity contribution is 0.0594. The Morgan fingerprint density at radius 2 is 1.82 bits per heavy atom. The maximum Gasteiger partial charge on any atom is 0.341 e. The van der Waals surface area contributed by atoms with Gasteiger partial charge in [-0.25, -0.2) is 9.18 Å². The van der Waals surface area contributed by atoms with Crippen LogP contribution >= 0.6 is 0 Å². The number of carbonyl (C=O) groups excluding carboxylic acids is 1. The van der Waals surface area contributed by atoms with E-state index in [0.29, 0.717) is 11.3 Å². The van der Waals surface area contributed by atoms with Gasteiger partial charge in [0, 0.05) is 5.56 Å². The zero-order chi connectivity index (χ0) is 16.1. The number of benzene rings is 2. The second kappa shape index (κ2) is 6.76. The van der Waals surface area contributed by atoms with Crippen LogP contribution in [-0.2, 0) is 4.74 Å². The van der Waals surface area contributed by atoms with Crippen molar-refractivity contribution in [2.75, 3.05) is 7.11 Å². The first kappa shape index (κ1) is 15.6. The standard InChI is InChI=1S/C17H14FNO3/c1-11-3-7-13(16(18)15(11)17(20)22-2)8-4-12-5-9-14(19-21)10-6-12/h3-10H,1-2H3/b8-4+. The minimum Gasteiger partial charge on any atom is -0.465 e. The smallest absolute Gasteiger partial charge is 0.341 e. The van der Waals surface area contributed by atoms with Gasteiger partial charge in [0.1, 0.15) is 11.5 Å². The molecule has 5 heteroatoms. The molecule has 0 aliphatic heterocycles. The van der Waals surface area contributed by atoms with E-state index < -0.39 is 11.8 Å². The summed E-state index contributed by atoms with van der Waals surface area (Å²) in [6, 6.07) is 9.78. The molecule has 0 aromatic heterocycles. The van der Waals surface area contributed by atoms with Crippen LogP contribution in [0.2, 0.25) is 0 Å². The lowest BCUT2D eigenvalue weighted by Crippen LogP contribution is -2.08. The lowest BCUT2D eigenvalue weighted by atomic mass is 10.0. The van der Waals surface area contributed by atoms with E-state index >= 15 is 0 Å². The molecule has 0 unspecified atom stereocenters. The summed E-state index contributed by atoms with van der Waals surface area (Å²) in [5.74, 6) is -1.32. The highest BCUT2D eigenvalue weighted by atomic mass is 19.1. The number of ether oxygens (including phenoxy) is 1. The van der Waals surface area contributed by atoms with Crippen molar-refractivity contribution in [3.63, 3.8) is 0 Å². The Labute approximate surface area is 127 Å². The fourth-order valence-corrected chi connectivity index (χ4v) is 2.00. The molecule has 0 aliphatic rings. The van der Waals surface area contributed by atoms with Crippen LogP contribution in [0, 0.1) is 17.6 Å². The summed E-state index contributed by atoms with van der Waals surface area (Å²) >= 11 is 0. The highest BCUT2D eigenvalue weighted by molar-refractivity contribution is 5.92. The molecule has 0 bridgehead atoms. The molecule has 0 saturated heterocycles. The summed E-state index contributed by atoms with van der Waals surface area (Å²) < 4.78 is 19.0. The third kappa shape index (κ3) is 3.25. The average Bonchev–Trinajstić information content (AvgIpc) is 2.54. The van der Waals surface area contributed by atoms with Crippen LogP contribution in [0.1, 0.15) is 27.0 Å². The molecule has 4 nitrogen and oxygen atoms in total. The van der Waals surface area contributed by atoms with Gasteiger partial charge in [-0.05, 0) is 35.4 Å². The number of rotatable bonds is 4. The van der Waals surface area contributed by atoms with Crippen LogP contribution in [0.4, 0.5) is 10.1 Å². The van der Waals surface area contributed by atoms with Gasteiger partial charge in [-0.1, -0.05) is 36.4 Å². The topological polar surface area (TPSA) is 55.7 Å². The van der Waals surface area contributed by atoms with Crippen LogP contribution in [0.15, 0.2) is 41.6 Å². The molecular formula is C17H14FNO3. The van der Waals surface area contributed by atoms with E-state index in [9.17, 15) is 14.1 Å². The number of hydrogen-bond donors (Lipinski definition) is 0. The van der Waals surface area contributed by atoms with Crippen LogP contribution in [-0.4, -0.2) is 13.1 Å². The Hall–Kier alpha value is -2.82. The van der Waals surface area contributed by atoms with E-state index in [1.807, 2.05) is 0 Å². The molecule has 0 aliphatic carbocycles. The quantitative estimate of drug-likeness (QED) is 0.475. The molecule has 2 aromatic rings. The van der Waals surface area contributed by atoms with Crippen molar-refractivity contribution in [2.45, 2.75) is 6.92 Å². The number of carbonyl (C=O) groups is 1. The minimum atomic E-state index is -0.702. The van der Waals surface area contributed by atoms with Gasteiger partial charge in [0.2, 0.25) is 0 Å². The predicted octanol–water partition coefficient (Wildman–Crippen LogP) is 4.49. The third-order valence-corrected chi connectivity index (χ3v) is 3.22. The van der Waals surface area contributed by atoms with Crippen molar-refractivity contribution in [1.29, 1.82) is 0 Å². The molecule has 0 fully saturated rings. The highest BCUT2D eigenvalue weighted by Crippen LogP contribution is 2.21. The normalized spacial score (nSPS) is 10.7. The van der Waals surface area contributed by atoms with Crippen LogP contribution in [0.25, 0.3) is 12.2 Å². The molecule has 0 heterocycles. The molecule has 112 valence electrons. The highest BCUT2D eigenvalue weighted by Gasteiger charge is 2.17. The van der Waals surface area contributed by atoms with Crippen molar-refractivity contribution in [2.24, 2.45) is 5.18 Å². The third-order valence-electron chi connectivity index (χ3n) is 3.22. The monoisotopic (exact) mass is 299 g/mol. The first-order valence-corrected chi connectivity index (χ1v) is 6.55. The largest absolute Gasteiger partial charge is 0.465 e. The lowest BCUT2D eigenvalue weighted by Gasteiger charge is -2.07. The second-order valence-electron chi connectivity index (χ2n) is 4.67. The number of methoxy groups -OCH3 is 1. The molecule has 0 spiro atoms. The number of aryl methyl sites for hydroxylation is 1. The van der Waals surface area contributed by atoms with E-state index in [4.69, 9.17) is 0 Å². The number of nitroso groups, excluding NO2 is 1. The maximum absolute atomic E-state index is 14.4. The Kier molecular flexibility index (Phi) is 4.78. The average molecular weight is 299 g/mol. The Balaban J connectivity index is 2.34. The van der Waals surface area contributed by atoms with Gasteiger partial charge >= 0.3 is 5.97 Å². The number of esters is 1. The van der Waals surface area contributed by atoms with Crippen LogP contribution in [0.3, 0.4) is 0 Å². The molecule has 0 atom stereocenters. The van der Waals surface area contributed by atoms with Gasteiger partial charge in [-0.3, -0.25) is 0 Å². The van der Waals surface area contributed by atoms with Crippen molar-refractivity contribution < 1.29 is 13.9 Å². The van der Waals surface area contributed by atoms with Crippen molar-refractivity contribution in [3.8, 4) is 0 Å². The number of halogens is 1. The summed E-state index contributed by atoms with van der Waals surface area (Å²) in [4.78, 5) is 22.0. The SMILES string of the molecule is COC(=O)c1c(C)ccc(/C=C/c2ccc(N=O)cc2)c1F. The van der Waals surface area contributed by atoms with E-state index in [-0.39, 0.29) is 11.1 Å². The maximum atomic E-state index is 14.4. The molecule has 0 amide bonds. The zero-order valence-corrected chi connectivity index (χ0v) is 12.2. The van der Waals surface area contributed by atoms with Crippen molar-refractivity contribution in [1.82, 2.24) is 0 Å². The second-order valence-corrected chi connectivity index (χ2v) is 4.67. The molecule has 22 heavy (non-hydrogen) atoms. The minimum absolute atomic E-state index is 0.0647. The predicted molar refractivity (Wildman–Crippen MR) is 83.3 cm³/mol. The summed E-state index contributed by atoms with van der Waals surface area (Å²) in [7, 11) is 1.21. The van der Waals surface area contributed by atoms with Gasteiger partial charge in [-0.2, -0.15) is 0 Å². The van der Waals surface area contributed by atoms with E-state index in [1.54, 1.807) is 55.5 Å². The van der Waals surface area contributed by atoms with E-state index in [1.165, 1.54) is 7.11 Å². The Bertz CT molecular complexity index is 736. The molecular weight excluding hydrogens is 285 g/mol. The molecule has 0 N–H and O–H groups in total. The molecule has 0 radical (unpaired) electrons. The first-order valence-electron chi connectivity index (χ1n) is 6.55. The Morgan fingerprint density at radius 1 is 1.14 bits per heavy atom. The van der Waals surface area contributed by atoms with E-state index in [2.05, 4.69) is 9.91 Å². The summed E-state index contributed by atoms with van der Waals surface area (Å²) in [6.45, 7) is 1.65. The fraction of sp³-hybridized carbons (Fsp3) is 0.118.